The summed E-state index contributed by atoms with van der Waals surface area (Å²) in [5.41, 5.74) is 1.78. The molecule has 1 aromatic rings. The van der Waals surface area contributed by atoms with E-state index in [2.05, 4.69) is 25.8 Å². The first-order valence-corrected chi connectivity index (χ1v) is 4.62. The number of hydrogen-bond acceptors (Lipinski definition) is 3. The molecule has 0 fully saturated rings. The van der Waals surface area contributed by atoms with Crippen molar-refractivity contribution in [1.82, 2.24) is 0 Å². The second-order valence-electron chi connectivity index (χ2n) is 4.15. The molecule has 0 unspecified atom stereocenters. The SMILES string of the molecule is C/C=N\c1occ(C(C)(C)C)c1C=N. The van der Waals surface area contributed by atoms with E-state index < -0.39 is 0 Å². The average molecular weight is 192 g/mol. The summed E-state index contributed by atoms with van der Waals surface area (Å²) >= 11 is 0. The minimum Gasteiger partial charge on any atom is -0.446 e. The maximum absolute atomic E-state index is 7.34. The minimum absolute atomic E-state index is 0.0160. The van der Waals surface area contributed by atoms with E-state index in [-0.39, 0.29) is 5.41 Å². The van der Waals surface area contributed by atoms with Crippen LogP contribution in [0.4, 0.5) is 5.88 Å². The van der Waals surface area contributed by atoms with Crippen molar-refractivity contribution in [3.05, 3.63) is 17.4 Å². The molecule has 76 valence electrons. The summed E-state index contributed by atoms with van der Waals surface area (Å²) in [5.74, 6) is 0.521. The number of nitrogens with one attached hydrogen (secondary N) is 1. The third-order valence-corrected chi connectivity index (χ3v) is 2.01. The van der Waals surface area contributed by atoms with Crippen LogP contribution in [0.15, 0.2) is 15.7 Å². The minimum atomic E-state index is -0.0160. The lowest BCUT2D eigenvalue weighted by atomic mass is 9.86. The van der Waals surface area contributed by atoms with E-state index in [1.807, 2.05) is 6.92 Å². The standard InChI is InChI=1S/C11H16N2O/c1-5-13-10-8(6-12)9(7-14-10)11(2,3)4/h5-7,12H,1-4H3/b12-6?,13-5-. The molecule has 0 atom stereocenters. The fourth-order valence-electron chi connectivity index (χ4n) is 1.29. The second kappa shape index (κ2) is 3.78. The molecule has 0 aromatic carbocycles. The predicted octanol–water partition coefficient (Wildman–Crippen LogP) is 3.30. The number of nitrogens with zero attached hydrogens (tertiary/aromatic N) is 1. The fraction of sp³-hybridized carbons (Fsp3) is 0.455. The Kier molecular flexibility index (Phi) is 2.89. The topological polar surface area (TPSA) is 49.4 Å². The Balaban J connectivity index is 3.27. The highest BCUT2D eigenvalue weighted by Crippen LogP contribution is 2.32. The smallest absolute Gasteiger partial charge is 0.227 e. The third kappa shape index (κ3) is 1.92. The lowest BCUT2D eigenvalue weighted by Crippen LogP contribution is -2.11. The van der Waals surface area contributed by atoms with Gasteiger partial charge in [-0.1, -0.05) is 20.8 Å². The monoisotopic (exact) mass is 192 g/mol. The van der Waals surface area contributed by atoms with Crippen LogP contribution in [0, 0.1) is 5.41 Å². The fourth-order valence-corrected chi connectivity index (χ4v) is 1.29. The van der Waals surface area contributed by atoms with Crippen molar-refractivity contribution in [2.45, 2.75) is 33.1 Å². The summed E-state index contributed by atoms with van der Waals surface area (Å²) in [6.45, 7) is 8.09. The molecule has 0 radical (unpaired) electrons. The zero-order chi connectivity index (χ0) is 10.8. The quantitative estimate of drug-likeness (QED) is 0.718. The molecule has 1 rings (SSSR count). The normalized spacial score (nSPS) is 12.3. The Morgan fingerprint density at radius 1 is 1.43 bits per heavy atom. The molecule has 1 N–H and O–H groups in total. The summed E-state index contributed by atoms with van der Waals surface area (Å²) < 4.78 is 5.30. The van der Waals surface area contributed by atoms with Gasteiger partial charge in [0.05, 0.1) is 11.8 Å². The lowest BCUT2D eigenvalue weighted by Gasteiger charge is -2.16. The van der Waals surface area contributed by atoms with E-state index in [9.17, 15) is 0 Å². The first-order valence-electron chi connectivity index (χ1n) is 4.62. The van der Waals surface area contributed by atoms with Crippen LogP contribution in [-0.2, 0) is 5.41 Å². The molecule has 14 heavy (non-hydrogen) atoms. The largest absolute Gasteiger partial charge is 0.446 e. The molecule has 1 heterocycles. The number of aliphatic imine (C=N–C) groups is 1. The maximum Gasteiger partial charge on any atom is 0.227 e. The Morgan fingerprint density at radius 3 is 2.50 bits per heavy atom. The molecule has 0 amide bonds. The zero-order valence-electron chi connectivity index (χ0n) is 9.09. The van der Waals surface area contributed by atoms with Crippen molar-refractivity contribution >= 4 is 18.3 Å². The van der Waals surface area contributed by atoms with Crippen LogP contribution >= 0.6 is 0 Å². The predicted molar refractivity (Wildman–Crippen MR) is 59.1 cm³/mol. The summed E-state index contributed by atoms with van der Waals surface area (Å²) in [6.07, 6.45) is 4.65. The van der Waals surface area contributed by atoms with Crippen LogP contribution in [0.5, 0.6) is 0 Å². The molecule has 0 saturated carbocycles. The molecule has 0 bridgehead atoms. The van der Waals surface area contributed by atoms with Gasteiger partial charge >= 0.3 is 0 Å². The number of rotatable bonds is 2. The van der Waals surface area contributed by atoms with Gasteiger partial charge in [-0.05, 0) is 12.3 Å². The number of hydrogen-bond donors (Lipinski definition) is 1. The zero-order valence-corrected chi connectivity index (χ0v) is 9.09. The van der Waals surface area contributed by atoms with Crippen LogP contribution in [0.3, 0.4) is 0 Å². The van der Waals surface area contributed by atoms with Crippen LogP contribution < -0.4 is 0 Å². The van der Waals surface area contributed by atoms with Crippen molar-refractivity contribution in [3.63, 3.8) is 0 Å². The summed E-state index contributed by atoms with van der Waals surface area (Å²) in [5, 5.41) is 7.34. The third-order valence-electron chi connectivity index (χ3n) is 2.01. The summed E-state index contributed by atoms with van der Waals surface area (Å²) in [6, 6.07) is 0. The van der Waals surface area contributed by atoms with E-state index in [1.54, 1.807) is 12.5 Å². The summed E-state index contributed by atoms with van der Waals surface area (Å²) in [7, 11) is 0. The van der Waals surface area contributed by atoms with E-state index in [0.29, 0.717) is 5.88 Å². The van der Waals surface area contributed by atoms with Gasteiger partial charge in [-0.2, -0.15) is 0 Å². The first kappa shape index (κ1) is 10.7. The lowest BCUT2D eigenvalue weighted by molar-refractivity contribution is 0.543. The molecule has 3 nitrogen and oxygen atoms in total. The molecule has 1 aromatic heterocycles. The highest BCUT2D eigenvalue weighted by atomic mass is 16.3. The average Bonchev–Trinajstić information content (AvgIpc) is 2.47. The van der Waals surface area contributed by atoms with Gasteiger partial charge in [0.1, 0.15) is 0 Å². The van der Waals surface area contributed by atoms with Gasteiger partial charge in [0.15, 0.2) is 0 Å². The Morgan fingerprint density at radius 2 is 2.07 bits per heavy atom. The van der Waals surface area contributed by atoms with Crippen molar-refractivity contribution in [2.24, 2.45) is 4.99 Å². The Hall–Kier alpha value is -1.38. The van der Waals surface area contributed by atoms with E-state index in [4.69, 9.17) is 9.83 Å². The molecular formula is C11H16N2O. The van der Waals surface area contributed by atoms with Gasteiger partial charge in [0, 0.05) is 18.0 Å². The van der Waals surface area contributed by atoms with Gasteiger partial charge in [-0.15, -0.1) is 0 Å². The van der Waals surface area contributed by atoms with Crippen LogP contribution in [0.1, 0.15) is 38.8 Å². The highest BCUT2D eigenvalue weighted by molar-refractivity contribution is 5.86. The highest BCUT2D eigenvalue weighted by Gasteiger charge is 2.22. The maximum atomic E-state index is 7.34. The Labute approximate surface area is 84.4 Å². The first-order chi connectivity index (χ1) is 6.50. The van der Waals surface area contributed by atoms with Gasteiger partial charge in [0.25, 0.3) is 0 Å². The molecular weight excluding hydrogens is 176 g/mol. The molecule has 0 aliphatic carbocycles. The van der Waals surface area contributed by atoms with Crippen LogP contribution in [0.25, 0.3) is 0 Å². The van der Waals surface area contributed by atoms with E-state index in [1.165, 1.54) is 6.21 Å². The van der Waals surface area contributed by atoms with Gasteiger partial charge in [-0.3, -0.25) is 0 Å². The molecule has 3 heteroatoms. The van der Waals surface area contributed by atoms with Crippen molar-refractivity contribution in [3.8, 4) is 0 Å². The van der Waals surface area contributed by atoms with Crippen LogP contribution in [0.2, 0.25) is 0 Å². The summed E-state index contributed by atoms with van der Waals surface area (Å²) in [4.78, 5) is 4.07. The second-order valence-corrected chi connectivity index (χ2v) is 4.15. The molecule has 0 aliphatic heterocycles. The van der Waals surface area contributed by atoms with Gasteiger partial charge in [0.2, 0.25) is 5.88 Å². The molecule has 0 aliphatic rings. The van der Waals surface area contributed by atoms with Gasteiger partial charge < -0.3 is 9.83 Å². The van der Waals surface area contributed by atoms with E-state index in [0.717, 1.165) is 11.1 Å². The van der Waals surface area contributed by atoms with Crippen molar-refractivity contribution in [1.29, 1.82) is 5.41 Å². The van der Waals surface area contributed by atoms with Crippen molar-refractivity contribution in [2.75, 3.05) is 0 Å². The Bertz CT molecular complexity index is 356. The van der Waals surface area contributed by atoms with Gasteiger partial charge in [-0.25, -0.2) is 4.99 Å². The van der Waals surface area contributed by atoms with Crippen LogP contribution in [-0.4, -0.2) is 12.4 Å². The number of furan rings is 1. The molecule has 0 spiro atoms. The molecule has 0 saturated heterocycles. The van der Waals surface area contributed by atoms with E-state index >= 15 is 0 Å². The van der Waals surface area contributed by atoms with Crippen molar-refractivity contribution < 1.29 is 4.42 Å².